The van der Waals surface area contributed by atoms with Crippen molar-refractivity contribution in [3.05, 3.63) is 59.7 Å². The van der Waals surface area contributed by atoms with Crippen molar-refractivity contribution in [1.29, 1.82) is 0 Å². The Balaban J connectivity index is 1.50. The molecule has 1 amide bonds. The molecule has 5 heteroatoms. The van der Waals surface area contributed by atoms with Crippen molar-refractivity contribution in [1.82, 2.24) is 9.80 Å². The van der Waals surface area contributed by atoms with Gasteiger partial charge >= 0.3 is 0 Å². The summed E-state index contributed by atoms with van der Waals surface area (Å²) in [5.41, 5.74) is 8.97. The smallest absolute Gasteiger partial charge is 0.263 e. The van der Waals surface area contributed by atoms with Crippen molar-refractivity contribution in [3.8, 4) is 5.75 Å². The van der Waals surface area contributed by atoms with Crippen LogP contribution in [0.4, 0.5) is 5.69 Å². The highest BCUT2D eigenvalue weighted by Crippen LogP contribution is 2.16. The van der Waals surface area contributed by atoms with Crippen molar-refractivity contribution in [2.45, 2.75) is 26.5 Å². The van der Waals surface area contributed by atoms with Crippen LogP contribution in [0.2, 0.25) is 0 Å². The van der Waals surface area contributed by atoms with E-state index in [0.29, 0.717) is 0 Å². The number of piperazine rings is 1. The Hall–Kier alpha value is -2.53. The maximum atomic E-state index is 12.7. The molecule has 0 saturated carbocycles. The first-order valence-electron chi connectivity index (χ1n) is 9.10. The zero-order valence-corrected chi connectivity index (χ0v) is 15.5. The molecule has 1 heterocycles. The van der Waals surface area contributed by atoms with Gasteiger partial charge in [-0.3, -0.25) is 9.69 Å². The van der Waals surface area contributed by atoms with Crippen LogP contribution in [0.25, 0.3) is 0 Å². The number of aryl methyl sites for hydroxylation is 1. The summed E-state index contributed by atoms with van der Waals surface area (Å²) in [6.07, 6.45) is -0.475. The van der Waals surface area contributed by atoms with Gasteiger partial charge in [0.15, 0.2) is 6.10 Å². The number of amides is 1. The molecule has 1 saturated heterocycles. The number of benzene rings is 2. The minimum absolute atomic E-state index is 0.0510. The third-order valence-corrected chi connectivity index (χ3v) is 4.69. The zero-order valence-electron chi connectivity index (χ0n) is 15.5. The fraction of sp³-hybridized carbons (Fsp3) is 0.381. The molecule has 1 unspecified atom stereocenters. The molecule has 1 fully saturated rings. The van der Waals surface area contributed by atoms with Gasteiger partial charge in [-0.15, -0.1) is 0 Å². The Bertz CT molecular complexity index is 754. The van der Waals surface area contributed by atoms with Crippen LogP contribution in [0.5, 0.6) is 5.75 Å². The number of nitrogens with two attached hydrogens (primary N) is 1. The average molecular weight is 353 g/mol. The molecule has 3 rings (SSSR count). The van der Waals surface area contributed by atoms with Gasteiger partial charge in [0.05, 0.1) is 0 Å². The Morgan fingerprint density at radius 1 is 1.12 bits per heavy atom. The minimum atomic E-state index is -0.475. The molecule has 0 radical (unpaired) electrons. The average Bonchev–Trinajstić information content (AvgIpc) is 2.62. The molecule has 1 aliphatic rings. The Labute approximate surface area is 155 Å². The first-order valence-corrected chi connectivity index (χ1v) is 9.10. The van der Waals surface area contributed by atoms with Crippen LogP contribution >= 0.6 is 0 Å². The van der Waals surface area contributed by atoms with E-state index in [1.54, 1.807) is 0 Å². The number of hydrogen-bond acceptors (Lipinski definition) is 4. The van der Waals surface area contributed by atoms with Gasteiger partial charge in [0.1, 0.15) is 5.75 Å². The highest BCUT2D eigenvalue weighted by atomic mass is 16.5. The zero-order chi connectivity index (χ0) is 18.5. The van der Waals surface area contributed by atoms with Crippen molar-refractivity contribution in [2.75, 3.05) is 31.9 Å². The van der Waals surface area contributed by atoms with E-state index >= 15 is 0 Å². The van der Waals surface area contributed by atoms with Gasteiger partial charge in [-0.25, -0.2) is 0 Å². The number of ether oxygens (including phenoxy) is 1. The molecule has 2 aromatic rings. The summed E-state index contributed by atoms with van der Waals surface area (Å²) < 4.78 is 5.83. The van der Waals surface area contributed by atoms with E-state index in [2.05, 4.69) is 11.0 Å². The molecular weight excluding hydrogens is 326 g/mol. The number of carbonyl (C=O) groups is 1. The van der Waals surface area contributed by atoms with Crippen LogP contribution in [-0.4, -0.2) is 48.0 Å². The van der Waals surface area contributed by atoms with E-state index in [-0.39, 0.29) is 5.91 Å². The molecule has 0 aromatic heterocycles. The lowest BCUT2D eigenvalue weighted by atomic mass is 10.1. The summed E-state index contributed by atoms with van der Waals surface area (Å²) in [6.45, 7) is 7.87. The molecular formula is C21H27N3O2. The van der Waals surface area contributed by atoms with E-state index in [1.807, 2.05) is 61.2 Å². The fourth-order valence-electron chi connectivity index (χ4n) is 3.28. The summed E-state index contributed by atoms with van der Waals surface area (Å²) in [6, 6.07) is 15.8. The van der Waals surface area contributed by atoms with Crippen molar-refractivity contribution < 1.29 is 9.53 Å². The molecule has 2 aromatic carbocycles. The topological polar surface area (TPSA) is 58.8 Å². The number of anilines is 1. The molecule has 2 N–H and O–H groups in total. The number of nitrogens with zero attached hydrogens (tertiary/aromatic N) is 2. The van der Waals surface area contributed by atoms with Gasteiger partial charge in [0.2, 0.25) is 0 Å². The largest absolute Gasteiger partial charge is 0.481 e. The van der Waals surface area contributed by atoms with Crippen molar-refractivity contribution in [3.63, 3.8) is 0 Å². The Kier molecular flexibility index (Phi) is 5.78. The minimum Gasteiger partial charge on any atom is -0.481 e. The predicted octanol–water partition coefficient (Wildman–Crippen LogP) is 2.69. The highest BCUT2D eigenvalue weighted by molar-refractivity contribution is 5.81. The summed E-state index contributed by atoms with van der Waals surface area (Å²) in [4.78, 5) is 16.9. The van der Waals surface area contributed by atoms with E-state index in [1.165, 1.54) is 5.56 Å². The quantitative estimate of drug-likeness (QED) is 0.840. The van der Waals surface area contributed by atoms with E-state index in [4.69, 9.17) is 10.5 Å². The van der Waals surface area contributed by atoms with Crippen molar-refractivity contribution >= 4 is 11.6 Å². The number of carbonyl (C=O) groups excluding carboxylic acids is 1. The molecule has 0 aliphatic carbocycles. The standard InChI is InChI=1S/C21H27N3O2/c1-16-5-3-8-20(13-16)26-17(2)21(25)24-11-9-23(10-12-24)15-18-6-4-7-19(22)14-18/h3-8,13-14,17H,9-12,15,22H2,1-2H3. The molecule has 0 bridgehead atoms. The van der Waals surface area contributed by atoms with Gasteiger partial charge in [0.25, 0.3) is 5.91 Å². The molecule has 138 valence electrons. The SMILES string of the molecule is Cc1cccc(OC(C)C(=O)N2CCN(Cc3cccc(N)c3)CC2)c1. The summed E-state index contributed by atoms with van der Waals surface area (Å²) >= 11 is 0. The van der Waals surface area contributed by atoms with E-state index in [9.17, 15) is 4.79 Å². The Morgan fingerprint density at radius 2 is 1.85 bits per heavy atom. The van der Waals surface area contributed by atoms with Crippen LogP contribution in [0.3, 0.4) is 0 Å². The lowest BCUT2D eigenvalue weighted by molar-refractivity contribution is -0.139. The first kappa shape index (κ1) is 18.3. The number of rotatable bonds is 5. The Morgan fingerprint density at radius 3 is 2.54 bits per heavy atom. The van der Waals surface area contributed by atoms with Gasteiger partial charge in [-0.2, -0.15) is 0 Å². The lowest BCUT2D eigenvalue weighted by Crippen LogP contribution is -2.51. The summed E-state index contributed by atoms with van der Waals surface area (Å²) in [5, 5.41) is 0. The normalized spacial score (nSPS) is 16.3. The third-order valence-electron chi connectivity index (χ3n) is 4.69. The van der Waals surface area contributed by atoms with Gasteiger partial charge < -0.3 is 15.4 Å². The maximum absolute atomic E-state index is 12.7. The number of hydrogen-bond donors (Lipinski definition) is 1. The first-order chi connectivity index (χ1) is 12.5. The van der Waals surface area contributed by atoms with Crippen LogP contribution in [0.15, 0.2) is 48.5 Å². The second kappa shape index (κ2) is 8.23. The molecule has 1 atom stereocenters. The predicted molar refractivity (Wildman–Crippen MR) is 104 cm³/mol. The van der Waals surface area contributed by atoms with E-state index in [0.717, 1.165) is 49.7 Å². The van der Waals surface area contributed by atoms with Crippen LogP contribution in [0, 0.1) is 6.92 Å². The molecule has 1 aliphatic heterocycles. The highest BCUT2D eigenvalue weighted by Gasteiger charge is 2.26. The maximum Gasteiger partial charge on any atom is 0.263 e. The van der Waals surface area contributed by atoms with Gasteiger partial charge in [0, 0.05) is 38.4 Å². The van der Waals surface area contributed by atoms with E-state index < -0.39 is 6.10 Å². The summed E-state index contributed by atoms with van der Waals surface area (Å²) in [7, 11) is 0. The summed E-state index contributed by atoms with van der Waals surface area (Å²) in [5.74, 6) is 0.793. The second-order valence-corrected chi connectivity index (χ2v) is 6.92. The molecule has 5 nitrogen and oxygen atoms in total. The van der Waals surface area contributed by atoms with Crippen LogP contribution in [0.1, 0.15) is 18.1 Å². The lowest BCUT2D eigenvalue weighted by Gasteiger charge is -2.36. The number of nitrogen functional groups attached to an aromatic ring is 1. The molecule has 26 heavy (non-hydrogen) atoms. The molecule has 0 spiro atoms. The van der Waals surface area contributed by atoms with Crippen LogP contribution in [-0.2, 0) is 11.3 Å². The fourth-order valence-corrected chi connectivity index (χ4v) is 3.28. The van der Waals surface area contributed by atoms with Crippen LogP contribution < -0.4 is 10.5 Å². The van der Waals surface area contributed by atoms with Gasteiger partial charge in [-0.05, 0) is 49.2 Å². The monoisotopic (exact) mass is 353 g/mol. The van der Waals surface area contributed by atoms with Crippen molar-refractivity contribution in [2.24, 2.45) is 0 Å². The second-order valence-electron chi connectivity index (χ2n) is 6.92. The third kappa shape index (κ3) is 4.76. The van der Waals surface area contributed by atoms with Gasteiger partial charge in [-0.1, -0.05) is 24.3 Å².